The summed E-state index contributed by atoms with van der Waals surface area (Å²) >= 11 is 11.0. The van der Waals surface area contributed by atoms with Gasteiger partial charge in [0.15, 0.2) is 0 Å². The monoisotopic (exact) mass is 345 g/mol. The molecule has 2 rings (SSSR count). The Kier molecular flexibility index (Phi) is 4.81. The highest BCUT2D eigenvalue weighted by atomic mass is 79.9. The molecule has 0 saturated heterocycles. The van der Waals surface area contributed by atoms with E-state index in [2.05, 4.69) is 15.9 Å². The molecule has 0 aliphatic heterocycles. The molecule has 3 N–H and O–H groups in total. The molecule has 96 valence electrons. The van der Waals surface area contributed by atoms with Gasteiger partial charge >= 0.3 is 0 Å². The lowest BCUT2D eigenvalue weighted by Gasteiger charge is -2.21. The maximum atomic E-state index is 10.4. The van der Waals surface area contributed by atoms with Gasteiger partial charge in [0, 0.05) is 21.8 Å². The smallest absolute Gasteiger partial charge is 0.0879 e. The topological polar surface area (TPSA) is 46.2 Å². The number of benzene rings is 1. The summed E-state index contributed by atoms with van der Waals surface area (Å²) < 4.78 is 0.820. The highest BCUT2D eigenvalue weighted by Gasteiger charge is 2.22. The third kappa shape index (κ3) is 2.95. The number of hydrogen-bond donors (Lipinski definition) is 2. The number of aliphatic hydroxyl groups is 1. The molecule has 5 heteroatoms. The van der Waals surface area contributed by atoms with Crippen molar-refractivity contribution >= 4 is 38.9 Å². The Hall–Kier alpha value is -0.390. The number of halogens is 2. The molecule has 2 unspecified atom stereocenters. The third-order valence-electron chi connectivity index (χ3n) is 2.83. The fourth-order valence-electron chi connectivity index (χ4n) is 1.83. The molecular formula is C13H13BrClNOS. The molecule has 18 heavy (non-hydrogen) atoms. The molecule has 0 radical (unpaired) electrons. The quantitative estimate of drug-likeness (QED) is 0.881. The molecule has 0 amide bonds. The summed E-state index contributed by atoms with van der Waals surface area (Å²) in [5.74, 6) is -0.0951. The van der Waals surface area contributed by atoms with Crippen molar-refractivity contribution in [3.8, 4) is 0 Å². The van der Waals surface area contributed by atoms with Gasteiger partial charge in [0.1, 0.15) is 0 Å². The van der Waals surface area contributed by atoms with Crippen LogP contribution >= 0.6 is 38.9 Å². The second kappa shape index (κ2) is 6.17. The number of aliphatic hydroxyl groups excluding tert-OH is 1. The maximum Gasteiger partial charge on any atom is 0.0879 e. The highest BCUT2D eigenvalue weighted by Crippen LogP contribution is 2.35. The molecule has 0 bridgehead atoms. The van der Waals surface area contributed by atoms with Crippen LogP contribution in [0, 0.1) is 0 Å². The molecule has 1 aromatic carbocycles. The van der Waals surface area contributed by atoms with Crippen LogP contribution in [0.3, 0.4) is 0 Å². The van der Waals surface area contributed by atoms with Crippen molar-refractivity contribution in [2.75, 3.05) is 6.54 Å². The van der Waals surface area contributed by atoms with E-state index in [1.54, 1.807) is 17.4 Å². The Labute approximate surface area is 124 Å². The Morgan fingerprint density at radius 3 is 2.72 bits per heavy atom. The summed E-state index contributed by atoms with van der Waals surface area (Å²) in [7, 11) is 0. The van der Waals surface area contributed by atoms with E-state index in [4.69, 9.17) is 17.3 Å². The minimum absolute atomic E-state index is 0.0951. The van der Waals surface area contributed by atoms with Gasteiger partial charge in [0.25, 0.3) is 0 Å². The van der Waals surface area contributed by atoms with Crippen LogP contribution < -0.4 is 5.73 Å². The lowest BCUT2D eigenvalue weighted by Crippen LogP contribution is -2.19. The normalized spacial score (nSPS) is 14.4. The van der Waals surface area contributed by atoms with Crippen LogP contribution in [0.4, 0.5) is 0 Å². The van der Waals surface area contributed by atoms with E-state index in [9.17, 15) is 5.11 Å². The van der Waals surface area contributed by atoms with Crippen molar-refractivity contribution in [1.82, 2.24) is 0 Å². The maximum absolute atomic E-state index is 10.4. The molecule has 2 atom stereocenters. The fraction of sp³-hybridized carbons (Fsp3) is 0.231. The lowest BCUT2D eigenvalue weighted by atomic mass is 9.94. The summed E-state index contributed by atoms with van der Waals surface area (Å²) in [6.45, 7) is 0.398. The first-order chi connectivity index (χ1) is 8.63. The number of nitrogens with two attached hydrogens (primary N) is 1. The summed E-state index contributed by atoms with van der Waals surface area (Å²) in [4.78, 5) is 1.09. The van der Waals surface area contributed by atoms with Gasteiger partial charge in [-0.05, 0) is 45.1 Å². The van der Waals surface area contributed by atoms with E-state index < -0.39 is 6.10 Å². The zero-order chi connectivity index (χ0) is 13.1. The van der Waals surface area contributed by atoms with E-state index in [0.717, 1.165) is 14.9 Å². The Bertz CT molecular complexity index is 518. The van der Waals surface area contributed by atoms with Crippen LogP contribution in [-0.2, 0) is 0 Å². The van der Waals surface area contributed by atoms with Crippen LogP contribution in [0.5, 0.6) is 0 Å². The van der Waals surface area contributed by atoms with Crippen molar-refractivity contribution in [3.05, 3.63) is 55.6 Å². The molecule has 0 fully saturated rings. The summed E-state index contributed by atoms with van der Waals surface area (Å²) in [5.41, 5.74) is 6.56. The standard InChI is InChI=1S/C13H13BrClNOS/c14-10-4-3-8(6-11(10)15)13(17)9(7-16)12-2-1-5-18-12/h1-6,9,13,17H,7,16H2. The molecule has 0 aliphatic carbocycles. The number of hydrogen-bond acceptors (Lipinski definition) is 3. The van der Waals surface area contributed by atoms with Crippen molar-refractivity contribution < 1.29 is 5.11 Å². The minimum atomic E-state index is -0.640. The van der Waals surface area contributed by atoms with Gasteiger partial charge in [-0.3, -0.25) is 0 Å². The van der Waals surface area contributed by atoms with Gasteiger partial charge in [-0.1, -0.05) is 23.7 Å². The first-order valence-electron chi connectivity index (χ1n) is 5.50. The number of thiophene rings is 1. The van der Waals surface area contributed by atoms with Crippen molar-refractivity contribution in [3.63, 3.8) is 0 Å². The van der Waals surface area contributed by atoms with Crippen LogP contribution in [-0.4, -0.2) is 11.7 Å². The van der Waals surface area contributed by atoms with Crippen LogP contribution in [0.1, 0.15) is 22.5 Å². The minimum Gasteiger partial charge on any atom is -0.388 e. The van der Waals surface area contributed by atoms with Gasteiger partial charge in [-0.25, -0.2) is 0 Å². The molecule has 0 saturated carbocycles. The van der Waals surface area contributed by atoms with Gasteiger partial charge in [-0.15, -0.1) is 11.3 Å². The summed E-state index contributed by atoms with van der Waals surface area (Å²) in [6, 6.07) is 9.42. The third-order valence-corrected chi connectivity index (χ3v) is 5.07. The van der Waals surface area contributed by atoms with E-state index in [-0.39, 0.29) is 5.92 Å². The SMILES string of the molecule is NCC(c1cccs1)C(O)c1ccc(Br)c(Cl)c1. The zero-order valence-corrected chi connectivity index (χ0v) is 12.7. The van der Waals surface area contributed by atoms with Crippen molar-refractivity contribution in [2.24, 2.45) is 5.73 Å². The first-order valence-corrected chi connectivity index (χ1v) is 7.55. The van der Waals surface area contributed by atoms with Gasteiger partial charge in [0.05, 0.1) is 11.1 Å². The molecular weight excluding hydrogens is 334 g/mol. The highest BCUT2D eigenvalue weighted by molar-refractivity contribution is 9.10. The van der Waals surface area contributed by atoms with Crippen LogP contribution in [0.2, 0.25) is 5.02 Å². The van der Waals surface area contributed by atoms with Crippen molar-refractivity contribution in [1.29, 1.82) is 0 Å². The second-order valence-corrected chi connectivity index (χ2v) is 6.22. The van der Waals surface area contributed by atoms with E-state index in [0.29, 0.717) is 11.6 Å². The Morgan fingerprint density at radius 2 is 2.17 bits per heavy atom. The number of rotatable bonds is 4. The average Bonchev–Trinajstić information content (AvgIpc) is 2.87. The van der Waals surface area contributed by atoms with Crippen molar-refractivity contribution in [2.45, 2.75) is 12.0 Å². The van der Waals surface area contributed by atoms with Gasteiger partial charge < -0.3 is 10.8 Å². The molecule has 1 heterocycles. The largest absolute Gasteiger partial charge is 0.388 e. The Morgan fingerprint density at radius 1 is 1.39 bits per heavy atom. The molecule has 0 spiro atoms. The molecule has 2 nitrogen and oxygen atoms in total. The van der Waals surface area contributed by atoms with Gasteiger partial charge in [0.2, 0.25) is 0 Å². The molecule has 2 aromatic rings. The molecule has 1 aromatic heterocycles. The lowest BCUT2D eigenvalue weighted by molar-refractivity contribution is 0.149. The van der Waals surface area contributed by atoms with E-state index >= 15 is 0 Å². The van der Waals surface area contributed by atoms with E-state index in [1.807, 2.05) is 29.6 Å². The Balaban J connectivity index is 2.28. The van der Waals surface area contributed by atoms with Gasteiger partial charge in [-0.2, -0.15) is 0 Å². The van der Waals surface area contributed by atoms with Crippen LogP contribution in [0.25, 0.3) is 0 Å². The average molecular weight is 347 g/mol. The van der Waals surface area contributed by atoms with E-state index in [1.165, 1.54) is 0 Å². The zero-order valence-electron chi connectivity index (χ0n) is 9.51. The molecule has 0 aliphatic rings. The predicted octanol–water partition coefficient (Wildman–Crippen LogP) is 3.94. The first kappa shape index (κ1) is 14.0. The fourth-order valence-corrected chi connectivity index (χ4v) is 3.14. The second-order valence-electron chi connectivity index (χ2n) is 3.98. The summed E-state index contributed by atoms with van der Waals surface area (Å²) in [5, 5.41) is 13.0. The summed E-state index contributed by atoms with van der Waals surface area (Å²) in [6.07, 6.45) is -0.640. The van der Waals surface area contributed by atoms with Crippen LogP contribution in [0.15, 0.2) is 40.2 Å². The predicted molar refractivity (Wildman–Crippen MR) is 80.2 cm³/mol.